The molecule has 3 atom stereocenters. The molecule has 2 N–H and O–H groups in total. The summed E-state index contributed by atoms with van der Waals surface area (Å²) < 4.78 is 78.7. The zero-order valence-electron chi connectivity index (χ0n) is 54.6. The van der Waals surface area contributed by atoms with E-state index in [9.17, 15) is 0 Å². The fourth-order valence-corrected chi connectivity index (χ4v) is 11.9. The summed E-state index contributed by atoms with van der Waals surface area (Å²) in [5.41, 5.74) is 0. The molecule has 3 aliphatic carbocycles. The van der Waals surface area contributed by atoms with E-state index < -0.39 is 34.4 Å². The van der Waals surface area contributed by atoms with Crippen molar-refractivity contribution in [2.45, 2.75) is 203 Å². The molecule has 3 saturated carbocycles. The first-order chi connectivity index (χ1) is 41.6. The normalized spacial score (nSPS) is 14.8. The molecule has 3 aromatic carbocycles. The van der Waals surface area contributed by atoms with Gasteiger partial charge in [0.1, 0.15) is 17.2 Å². The lowest BCUT2D eigenvalue weighted by atomic mass is 9.90. The van der Waals surface area contributed by atoms with Crippen molar-refractivity contribution < 1.29 is 69.2 Å². The molecule has 3 fully saturated rings. The number of benzene rings is 3. The van der Waals surface area contributed by atoms with Gasteiger partial charge in [-0.3, -0.25) is 0 Å². The second-order valence-electron chi connectivity index (χ2n) is 19.2. The highest BCUT2D eigenvalue weighted by molar-refractivity contribution is 7.92. The lowest BCUT2D eigenvalue weighted by Gasteiger charge is -2.23. The molecule has 3 unspecified atom stereocenters. The lowest BCUT2D eigenvalue weighted by molar-refractivity contribution is 0.0710. The molecule has 0 aromatic heterocycles. The number of ether oxygens (including phenoxy) is 1. The van der Waals surface area contributed by atoms with Crippen molar-refractivity contribution in [1.82, 2.24) is 0 Å². The van der Waals surface area contributed by atoms with E-state index in [1.807, 2.05) is 119 Å². The minimum Gasteiger partial charge on any atom is -0.409 e. The van der Waals surface area contributed by atoms with Crippen LogP contribution in [0.2, 0.25) is 0 Å². The van der Waals surface area contributed by atoms with Gasteiger partial charge in [-0.05, 0) is 146 Å². The molecule has 0 aliphatic heterocycles. The van der Waals surface area contributed by atoms with E-state index in [0.717, 1.165) is 96.6 Å². The molecule has 15 nitrogen and oxygen atoms in total. The van der Waals surface area contributed by atoms with Crippen molar-refractivity contribution in [3.8, 4) is 17.2 Å². The van der Waals surface area contributed by atoms with Gasteiger partial charge in [0.25, 0.3) is 0 Å². The molecule has 84 heavy (non-hydrogen) atoms. The molecule has 0 amide bonds. The number of aliphatic hydroxyl groups excluding tert-OH is 2. The monoisotopic (exact) mass is 1300 g/mol. The quantitative estimate of drug-likeness (QED) is 0.0554. The van der Waals surface area contributed by atoms with Crippen LogP contribution in [0.1, 0.15) is 197 Å². The van der Waals surface area contributed by atoms with Crippen LogP contribution in [0.3, 0.4) is 0 Å². The summed E-state index contributed by atoms with van der Waals surface area (Å²) in [6.07, 6.45) is 26.7. The zero-order valence-corrected chi connectivity index (χ0v) is 59.3. The van der Waals surface area contributed by atoms with Gasteiger partial charge in [-0.1, -0.05) is 154 Å². The molecule has 3 aromatic rings. The van der Waals surface area contributed by atoms with E-state index in [1.54, 1.807) is 6.92 Å². The Morgan fingerprint density at radius 1 is 0.405 bits per heavy atom. The van der Waals surface area contributed by atoms with Gasteiger partial charge < -0.3 is 69.2 Å². The molecule has 21 heteroatoms. The highest BCUT2D eigenvalue weighted by Crippen LogP contribution is 2.44. The smallest absolute Gasteiger partial charge is 0.409 e. The number of hydrogen-bond acceptors (Lipinski definition) is 15. The van der Waals surface area contributed by atoms with Gasteiger partial charge >= 0.3 is 34.4 Å². The SMILES string of the molecule is CCCO.CCCOP(OCC)OCC1CCCCC1.CCCOP(OCC)OCCC.CCCOP(OCCC)OCC1CCCCC1.CCO.COC1CCCCC1.[3H]PP.c1ccc(OP(Oc2ccccc2)Oc2ccccc2)cc1. The first-order valence-electron chi connectivity index (χ1n) is 31.8. The molecular weight excluding hydrogens is 1180 g/mol. The molecule has 0 bridgehead atoms. The Hall–Kier alpha value is -0.840. The lowest BCUT2D eigenvalue weighted by Crippen LogP contribution is -2.13. The van der Waals surface area contributed by atoms with Crippen LogP contribution in [0.4, 0.5) is 0 Å². The van der Waals surface area contributed by atoms with Gasteiger partial charge in [0.15, 0.2) is 0 Å². The van der Waals surface area contributed by atoms with E-state index in [-0.39, 0.29) is 15.5 Å². The van der Waals surface area contributed by atoms with Crippen LogP contribution in [0.25, 0.3) is 0 Å². The number of methoxy groups -OCH3 is 1. The van der Waals surface area contributed by atoms with E-state index in [0.29, 0.717) is 43.2 Å². The summed E-state index contributed by atoms with van der Waals surface area (Å²) in [6.45, 7) is 25.1. The van der Waals surface area contributed by atoms with Crippen molar-refractivity contribution in [2.75, 3.05) is 79.8 Å². The van der Waals surface area contributed by atoms with Crippen molar-refractivity contribution in [3.05, 3.63) is 91.0 Å². The average Bonchev–Trinajstić information content (AvgIpc) is 3.62. The summed E-state index contributed by atoms with van der Waals surface area (Å²) in [5, 5.41) is 15.4. The topological polar surface area (TPSA) is 160 Å². The Morgan fingerprint density at radius 2 is 0.667 bits per heavy atom. The van der Waals surface area contributed by atoms with Crippen LogP contribution in [0.5, 0.6) is 17.2 Å². The third-order valence-corrected chi connectivity index (χ3v) is 16.3. The number of aliphatic hydroxyl groups is 2. The van der Waals surface area contributed by atoms with Gasteiger partial charge in [0, 0.05) is 20.3 Å². The summed E-state index contributed by atoms with van der Waals surface area (Å²) in [5.74, 6) is 3.58. The highest BCUT2D eigenvalue weighted by atomic mass is 32.0. The zero-order chi connectivity index (χ0) is 62.9. The maximum atomic E-state index is 7.88. The van der Waals surface area contributed by atoms with Gasteiger partial charge in [0.05, 0.1) is 66.8 Å². The van der Waals surface area contributed by atoms with Crippen LogP contribution < -0.4 is 13.6 Å². The summed E-state index contributed by atoms with van der Waals surface area (Å²) in [6, 6.07) is 28.5. The molecule has 0 spiro atoms. The minimum absolute atomic E-state index is 0.250. The van der Waals surface area contributed by atoms with Crippen molar-refractivity contribution >= 4 is 52.2 Å². The highest BCUT2D eigenvalue weighted by Gasteiger charge is 2.21. The Bertz CT molecular complexity index is 1580. The number of hydrogen-bond donors (Lipinski definition) is 2. The first-order valence-corrected chi connectivity index (χ1v) is 38.0. The van der Waals surface area contributed by atoms with Crippen LogP contribution >= 0.6 is 52.2 Å². The van der Waals surface area contributed by atoms with E-state index in [1.165, 1.54) is 96.3 Å². The van der Waals surface area contributed by atoms with Gasteiger partial charge in [0.2, 0.25) is 0 Å². The molecule has 0 radical (unpaired) electrons. The first kappa shape index (κ1) is 83.2. The van der Waals surface area contributed by atoms with Gasteiger partial charge in [-0.15, -0.1) is 17.8 Å². The fraction of sp³-hybridized carbons (Fsp3) is 0.714. The molecule has 0 heterocycles. The van der Waals surface area contributed by atoms with Crippen LogP contribution in [0.15, 0.2) is 91.0 Å². The minimum atomic E-state index is -1.59. The molecule has 0 saturated heterocycles. The Morgan fingerprint density at radius 3 is 0.905 bits per heavy atom. The predicted molar refractivity (Wildman–Crippen MR) is 362 cm³/mol. The average molecular weight is 1300 g/mol. The van der Waals surface area contributed by atoms with Crippen LogP contribution in [-0.2, 0) is 45.5 Å². The fourth-order valence-electron chi connectivity index (χ4n) is 7.47. The number of rotatable bonds is 33. The third-order valence-electron chi connectivity index (χ3n) is 11.6. The van der Waals surface area contributed by atoms with Crippen molar-refractivity contribution in [3.63, 3.8) is 0 Å². The molecule has 490 valence electrons. The Kier molecular flexibility index (Phi) is 67.4. The summed E-state index contributed by atoms with van der Waals surface area (Å²) >= 11 is 0. The van der Waals surface area contributed by atoms with E-state index in [2.05, 4.69) is 43.5 Å². The standard InChI is InChI=1S/C18H15O3P.C13H27O3P.C12H25O3P.C8H19O3P.C7H14O.C3H8O.C2H6O.H4P2/c1-4-10-16(11-5-1)19-22(20-17-12-6-2-7-13-17)21-18-14-8-3-9-15-18;1-3-10-14-17(15-11-4-2)16-12-13-8-6-5-7-9-13;1-3-10-14-16(13-4-2)15-11-12-8-6-5-7-9-12;1-4-7-10-12(9-6-3)11-8-5-2;1-8-7-5-3-2-4-6-7;1-2-3-4;1-2-3;1-2/h1-15H;13H,3-12H2,1-2H3;12H,3-11H2,1-2H3;4-8H2,1-3H3;7H,2-6H2,1H3;4H,2-3H2,1H3;3H,2H2,1H3;1-2H2/i;;;;;;;1T. The maximum Gasteiger partial charge on any atom is 0.530 e. The van der Waals surface area contributed by atoms with Gasteiger partial charge in [-0.25, -0.2) is 0 Å². The molecular formula is C63H118O15P6. The Balaban J connectivity index is 0. The Labute approximate surface area is 523 Å². The second-order valence-corrected chi connectivity index (χ2v) is 23.9. The summed E-state index contributed by atoms with van der Waals surface area (Å²) in [4.78, 5) is 0. The third kappa shape index (κ3) is 54.1. The van der Waals surface area contributed by atoms with E-state index >= 15 is 0 Å². The second kappa shape index (κ2) is 68.1. The predicted octanol–water partition coefficient (Wildman–Crippen LogP) is 20.5. The van der Waals surface area contributed by atoms with Crippen LogP contribution in [0, 0.1) is 11.8 Å². The molecule has 6 rings (SSSR count). The summed E-state index contributed by atoms with van der Waals surface area (Å²) in [7, 11) is -0.512. The van der Waals surface area contributed by atoms with Gasteiger partial charge in [-0.2, -0.15) is 0 Å². The van der Waals surface area contributed by atoms with Crippen molar-refractivity contribution in [1.29, 1.82) is 1.28 Å². The molecule has 3 aliphatic rings. The largest absolute Gasteiger partial charge is 0.530 e. The number of para-hydroxylation sites is 3. The maximum absolute atomic E-state index is 7.88. The van der Waals surface area contributed by atoms with Crippen LogP contribution in [-0.4, -0.2) is 97.4 Å². The van der Waals surface area contributed by atoms with Crippen molar-refractivity contribution in [2.24, 2.45) is 11.8 Å². The van der Waals surface area contributed by atoms with E-state index in [4.69, 9.17) is 70.5 Å².